The summed E-state index contributed by atoms with van der Waals surface area (Å²) in [7, 11) is 0. The Kier molecular flexibility index (Phi) is 6.06. The normalized spacial score (nSPS) is 11.0. The van der Waals surface area contributed by atoms with Crippen LogP contribution in [0.15, 0.2) is 5.16 Å². The van der Waals surface area contributed by atoms with Crippen LogP contribution in [0, 0.1) is 13.8 Å². The summed E-state index contributed by atoms with van der Waals surface area (Å²) >= 11 is 2.94. The molecular formula is C15H21N5OS2. The lowest BCUT2D eigenvalue weighted by molar-refractivity contribution is -0.116. The molecule has 0 saturated heterocycles. The SMILES string of the molecule is CSc1nc(C)c(CCC(=O)Nc2nnc(C(C)C)s2)c(C)n1. The maximum atomic E-state index is 12.1. The number of aromatic nitrogens is 4. The molecule has 0 aliphatic heterocycles. The summed E-state index contributed by atoms with van der Waals surface area (Å²) in [6, 6.07) is 0. The maximum Gasteiger partial charge on any atom is 0.226 e. The average Bonchev–Trinajstić information content (AvgIpc) is 2.94. The van der Waals surface area contributed by atoms with Crippen molar-refractivity contribution in [2.45, 2.75) is 51.6 Å². The molecule has 2 rings (SSSR count). The van der Waals surface area contributed by atoms with Crippen molar-refractivity contribution in [3.05, 3.63) is 22.0 Å². The zero-order valence-electron chi connectivity index (χ0n) is 14.0. The predicted octanol–water partition coefficient (Wildman–Crippen LogP) is 3.36. The number of carbonyl (C=O) groups is 1. The molecule has 8 heteroatoms. The fourth-order valence-electron chi connectivity index (χ4n) is 2.10. The van der Waals surface area contributed by atoms with Crippen molar-refractivity contribution in [3.8, 4) is 0 Å². The number of thioether (sulfide) groups is 1. The highest BCUT2D eigenvalue weighted by molar-refractivity contribution is 7.98. The number of amides is 1. The van der Waals surface area contributed by atoms with Crippen LogP contribution < -0.4 is 5.32 Å². The van der Waals surface area contributed by atoms with Crippen LogP contribution in [-0.4, -0.2) is 32.3 Å². The van der Waals surface area contributed by atoms with Crippen molar-refractivity contribution in [3.63, 3.8) is 0 Å². The summed E-state index contributed by atoms with van der Waals surface area (Å²) in [6.45, 7) is 8.02. The number of rotatable bonds is 6. The fourth-order valence-corrected chi connectivity index (χ4v) is 3.32. The monoisotopic (exact) mass is 351 g/mol. The zero-order chi connectivity index (χ0) is 17.0. The van der Waals surface area contributed by atoms with E-state index in [4.69, 9.17) is 0 Å². The largest absolute Gasteiger partial charge is 0.301 e. The quantitative estimate of drug-likeness (QED) is 0.635. The Morgan fingerprint density at radius 2 is 1.87 bits per heavy atom. The molecule has 23 heavy (non-hydrogen) atoms. The first kappa shape index (κ1) is 17.8. The molecule has 1 N–H and O–H groups in total. The van der Waals surface area contributed by atoms with Gasteiger partial charge < -0.3 is 5.32 Å². The molecule has 0 aromatic carbocycles. The molecule has 0 aliphatic rings. The van der Waals surface area contributed by atoms with Crippen LogP contribution >= 0.6 is 23.1 Å². The third-order valence-electron chi connectivity index (χ3n) is 3.37. The predicted molar refractivity (Wildman–Crippen MR) is 94.2 cm³/mol. The number of nitrogens with zero attached hydrogens (tertiary/aromatic N) is 4. The second kappa shape index (κ2) is 7.83. The van der Waals surface area contributed by atoms with Crippen LogP contribution in [0.3, 0.4) is 0 Å². The Balaban J connectivity index is 1.96. The van der Waals surface area contributed by atoms with Crippen molar-refractivity contribution in [2.75, 3.05) is 11.6 Å². The average molecular weight is 352 g/mol. The van der Waals surface area contributed by atoms with E-state index in [1.165, 1.54) is 23.1 Å². The van der Waals surface area contributed by atoms with Gasteiger partial charge in [0, 0.05) is 23.7 Å². The topological polar surface area (TPSA) is 80.7 Å². The Hall–Kier alpha value is -1.54. The van der Waals surface area contributed by atoms with Gasteiger partial charge in [0.1, 0.15) is 5.01 Å². The number of aryl methyl sites for hydroxylation is 2. The first-order valence-electron chi connectivity index (χ1n) is 7.42. The smallest absolute Gasteiger partial charge is 0.226 e. The second-order valence-corrected chi connectivity index (χ2v) is 7.29. The Labute approximate surface area is 144 Å². The standard InChI is InChI=1S/C15H21N5OS2/c1-8(2)13-19-20-15(23-13)18-12(21)7-6-11-9(3)16-14(22-5)17-10(11)4/h8H,6-7H2,1-5H3,(H,18,20,21). The van der Waals surface area contributed by atoms with E-state index in [0.29, 0.717) is 23.9 Å². The molecule has 0 aliphatic carbocycles. The summed E-state index contributed by atoms with van der Waals surface area (Å²) in [4.78, 5) is 21.0. The fraction of sp³-hybridized carbons (Fsp3) is 0.533. The van der Waals surface area contributed by atoms with Crippen LogP contribution in [0.25, 0.3) is 0 Å². The highest BCUT2D eigenvalue weighted by Crippen LogP contribution is 2.23. The molecule has 2 heterocycles. The number of nitrogens with one attached hydrogen (secondary N) is 1. The summed E-state index contributed by atoms with van der Waals surface area (Å²) in [5.74, 6) is 0.250. The van der Waals surface area contributed by atoms with Gasteiger partial charge in [-0.25, -0.2) is 9.97 Å². The van der Waals surface area contributed by atoms with Gasteiger partial charge in [0.2, 0.25) is 11.0 Å². The molecular weight excluding hydrogens is 330 g/mol. The van der Waals surface area contributed by atoms with Gasteiger partial charge in [-0.2, -0.15) is 0 Å². The molecule has 0 radical (unpaired) electrons. The first-order valence-corrected chi connectivity index (χ1v) is 9.46. The van der Waals surface area contributed by atoms with Crippen LogP contribution in [0.5, 0.6) is 0 Å². The van der Waals surface area contributed by atoms with Crippen LogP contribution in [0.1, 0.15) is 48.1 Å². The molecule has 6 nitrogen and oxygen atoms in total. The number of carbonyl (C=O) groups excluding carboxylic acids is 1. The molecule has 124 valence electrons. The van der Waals surface area contributed by atoms with Crippen LogP contribution in [0.4, 0.5) is 5.13 Å². The van der Waals surface area contributed by atoms with E-state index in [9.17, 15) is 4.79 Å². The minimum absolute atomic E-state index is 0.0656. The van der Waals surface area contributed by atoms with Gasteiger partial charge in [-0.05, 0) is 32.1 Å². The molecule has 0 spiro atoms. The van der Waals surface area contributed by atoms with E-state index in [2.05, 4.69) is 39.3 Å². The van der Waals surface area contributed by atoms with Gasteiger partial charge in [-0.1, -0.05) is 36.9 Å². The Morgan fingerprint density at radius 1 is 1.22 bits per heavy atom. The Morgan fingerprint density at radius 3 is 2.39 bits per heavy atom. The van der Waals surface area contributed by atoms with E-state index in [1.807, 2.05) is 20.1 Å². The van der Waals surface area contributed by atoms with Crippen molar-refractivity contribution in [2.24, 2.45) is 0 Å². The summed E-state index contributed by atoms with van der Waals surface area (Å²) in [5, 5.41) is 13.1. The van der Waals surface area contributed by atoms with Gasteiger partial charge in [0.15, 0.2) is 5.16 Å². The lowest BCUT2D eigenvalue weighted by Crippen LogP contribution is -2.13. The van der Waals surface area contributed by atoms with Gasteiger partial charge in [-0.15, -0.1) is 10.2 Å². The molecule has 0 atom stereocenters. The van der Waals surface area contributed by atoms with Crippen LogP contribution in [0.2, 0.25) is 0 Å². The third kappa shape index (κ3) is 4.71. The van der Waals surface area contributed by atoms with Gasteiger partial charge in [0.25, 0.3) is 0 Å². The first-order chi connectivity index (χ1) is 10.9. The number of hydrogen-bond donors (Lipinski definition) is 1. The third-order valence-corrected chi connectivity index (χ3v) is 5.05. The van der Waals surface area contributed by atoms with Crippen molar-refractivity contribution in [1.29, 1.82) is 0 Å². The lowest BCUT2D eigenvalue weighted by Gasteiger charge is -2.09. The lowest BCUT2D eigenvalue weighted by atomic mass is 10.1. The highest BCUT2D eigenvalue weighted by atomic mass is 32.2. The molecule has 1 amide bonds. The van der Waals surface area contributed by atoms with E-state index in [-0.39, 0.29) is 5.91 Å². The molecule has 0 fully saturated rings. The highest BCUT2D eigenvalue weighted by Gasteiger charge is 2.13. The molecule has 0 unspecified atom stereocenters. The molecule has 2 aromatic rings. The van der Waals surface area contributed by atoms with Crippen LogP contribution in [-0.2, 0) is 11.2 Å². The summed E-state index contributed by atoms with van der Waals surface area (Å²) in [6.07, 6.45) is 2.95. The van der Waals surface area contributed by atoms with Gasteiger partial charge in [-0.3, -0.25) is 4.79 Å². The van der Waals surface area contributed by atoms with E-state index in [0.717, 1.165) is 27.1 Å². The number of anilines is 1. The molecule has 0 bridgehead atoms. The zero-order valence-corrected chi connectivity index (χ0v) is 15.6. The minimum Gasteiger partial charge on any atom is -0.301 e. The maximum absolute atomic E-state index is 12.1. The molecule has 2 aromatic heterocycles. The minimum atomic E-state index is -0.0656. The summed E-state index contributed by atoms with van der Waals surface area (Å²) < 4.78 is 0. The van der Waals surface area contributed by atoms with Crippen molar-refractivity contribution >= 4 is 34.1 Å². The van der Waals surface area contributed by atoms with E-state index in [1.54, 1.807) is 0 Å². The van der Waals surface area contributed by atoms with Crippen molar-refractivity contribution < 1.29 is 4.79 Å². The van der Waals surface area contributed by atoms with Gasteiger partial charge in [0.05, 0.1) is 0 Å². The van der Waals surface area contributed by atoms with Crippen molar-refractivity contribution in [1.82, 2.24) is 20.2 Å². The Bertz CT molecular complexity index is 676. The van der Waals surface area contributed by atoms with E-state index < -0.39 is 0 Å². The molecule has 0 saturated carbocycles. The van der Waals surface area contributed by atoms with Gasteiger partial charge >= 0.3 is 0 Å². The summed E-state index contributed by atoms with van der Waals surface area (Å²) in [5.41, 5.74) is 2.92. The second-order valence-electron chi connectivity index (χ2n) is 5.51. The number of hydrogen-bond acceptors (Lipinski definition) is 7. The van der Waals surface area contributed by atoms with E-state index >= 15 is 0 Å².